The second-order valence-electron chi connectivity index (χ2n) is 3.08. The van der Waals surface area contributed by atoms with Crippen molar-refractivity contribution in [3.63, 3.8) is 0 Å². The molecule has 0 aliphatic rings. The molecule has 0 fully saturated rings. The van der Waals surface area contributed by atoms with Gasteiger partial charge < -0.3 is 5.32 Å². The summed E-state index contributed by atoms with van der Waals surface area (Å²) in [6, 6.07) is 5.73. The number of benzene rings is 1. The fraction of sp³-hybridized carbons (Fsp3) is 0.0909. The molecule has 78 valence electrons. The zero-order valence-corrected chi connectivity index (χ0v) is 8.65. The minimum atomic E-state index is -0.565. The first-order valence-corrected chi connectivity index (χ1v) is 5.40. The Balaban J connectivity index is 2.11. The van der Waals surface area contributed by atoms with Gasteiger partial charge in [-0.3, -0.25) is 0 Å². The number of hydrogen-bond donors (Lipinski definition) is 1. The van der Waals surface area contributed by atoms with Crippen LogP contribution in [0.5, 0.6) is 0 Å². The number of anilines is 1. The van der Waals surface area contributed by atoms with Gasteiger partial charge in [0.05, 0.1) is 0 Å². The standard InChI is InChI=1S/C11H9F2NS/c12-9-2-1-3-10(13)11(9)14-6-8-4-5-15-7-8/h1-5,7,14H,6H2. The lowest BCUT2D eigenvalue weighted by molar-refractivity contribution is 0.588. The first-order valence-electron chi connectivity index (χ1n) is 4.46. The first kappa shape index (κ1) is 10.1. The number of nitrogens with one attached hydrogen (secondary N) is 1. The highest BCUT2D eigenvalue weighted by Gasteiger charge is 2.07. The molecule has 0 aliphatic carbocycles. The van der Waals surface area contributed by atoms with E-state index in [4.69, 9.17) is 0 Å². The zero-order chi connectivity index (χ0) is 10.7. The summed E-state index contributed by atoms with van der Waals surface area (Å²) in [7, 11) is 0. The molecular weight excluding hydrogens is 216 g/mol. The number of para-hydroxylation sites is 1. The summed E-state index contributed by atoms with van der Waals surface area (Å²) in [5, 5.41) is 6.60. The number of hydrogen-bond acceptors (Lipinski definition) is 2. The van der Waals surface area contributed by atoms with Crippen LogP contribution in [0.4, 0.5) is 14.5 Å². The molecule has 1 aromatic carbocycles. The fourth-order valence-corrected chi connectivity index (χ4v) is 1.92. The van der Waals surface area contributed by atoms with E-state index in [-0.39, 0.29) is 5.69 Å². The number of halogens is 2. The highest BCUT2D eigenvalue weighted by atomic mass is 32.1. The summed E-state index contributed by atoms with van der Waals surface area (Å²) in [5.41, 5.74) is 0.950. The van der Waals surface area contributed by atoms with E-state index in [1.54, 1.807) is 11.3 Å². The number of rotatable bonds is 3. The monoisotopic (exact) mass is 225 g/mol. The maximum absolute atomic E-state index is 13.2. The van der Waals surface area contributed by atoms with Crippen LogP contribution in [-0.4, -0.2) is 0 Å². The van der Waals surface area contributed by atoms with E-state index in [0.717, 1.165) is 5.56 Å². The van der Waals surface area contributed by atoms with E-state index in [1.165, 1.54) is 18.2 Å². The van der Waals surface area contributed by atoms with Gasteiger partial charge in [-0.25, -0.2) is 8.78 Å². The van der Waals surface area contributed by atoms with Gasteiger partial charge in [0, 0.05) is 6.54 Å². The van der Waals surface area contributed by atoms with Crippen molar-refractivity contribution >= 4 is 17.0 Å². The van der Waals surface area contributed by atoms with Crippen LogP contribution in [0.15, 0.2) is 35.0 Å². The molecule has 0 radical (unpaired) electrons. The van der Waals surface area contributed by atoms with Crippen molar-refractivity contribution in [1.82, 2.24) is 0 Å². The summed E-state index contributed by atoms with van der Waals surface area (Å²) in [4.78, 5) is 0. The highest BCUT2D eigenvalue weighted by molar-refractivity contribution is 7.07. The van der Waals surface area contributed by atoms with Crippen molar-refractivity contribution in [3.05, 3.63) is 52.2 Å². The van der Waals surface area contributed by atoms with Gasteiger partial charge in [0.15, 0.2) is 0 Å². The van der Waals surface area contributed by atoms with Gasteiger partial charge in [-0.05, 0) is 34.5 Å². The van der Waals surface area contributed by atoms with Crippen LogP contribution in [0.1, 0.15) is 5.56 Å². The minimum Gasteiger partial charge on any atom is -0.376 e. The molecule has 1 N–H and O–H groups in total. The van der Waals surface area contributed by atoms with Crippen LogP contribution in [-0.2, 0) is 6.54 Å². The molecule has 0 bridgehead atoms. The average Bonchev–Trinajstić information content (AvgIpc) is 2.70. The van der Waals surface area contributed by atoms with E-state index in [1.807, 2.05) is 16.8 Å². The molecule has 1 nitrogen and oxygen atoms in total. The average molecular weight is 225 g/mol. The predicted molar refractivity (Wildman–Crippen MR) is 58.0 cm³/mol. The highest BCUT2D eigenvalue weighted by Crippen LogP contribution is 2.19. The molecule has 0 aliphatic heterocycles. The fourth-order valence-electron chi connectivity index (χ4n) is 1.25. The van der Waals surface area contributed by atoms with Crippen LogP contribution in [0.25, 0.3) is 0 Å². The van der Waals surface area contributed by atoms with Gasteiger partial charge >= 0.3 is 0 Å². The minimum absolute atomic E-state index is 0.0660. The van der Waals surface area contributed by atoms with E-state index in [0.29, 0.717) is 6.54 Å². The van der Waals surface area contributed by atoms with E-state index in [9.17, 15) is 8.78 Å². The lowest BCUT2D eigenvalue weighted by Gasteiger charge is -2.07. The lowest BCUT2D eigenvalue weighted by Crippen LogP contribution is -2.02. The van der Waals surface area contributed by atoms with Crippen molar-refractivity contribution in [2.45, 2.75) is 6.54 Å². The van der Waals surface area contributed by atoms with Crippen molar-refractivity contribution in [3.8, 4) is 0 Å². The van der Waals surface area contributed by atoms with Crippen LogP contribution < -0.4 is 5.32 Å². The molecular formula is C11H9F2NS. The van der Waals surface area contributed by atoms with Gasteiger partial charge in [-0.2, -0.15) is 11.3 Å². The smallest absolute Gasteiger partial charge is 0.149 e. The molecule has 0 saturated heterocycles. The summed E-state index contributed by atoms with van der Waals surface area (Å²) < 4.78 is 26.4. The summed E-state index contributed by atoms with van der Waals surface area (Å²) in [6.07, 6.45) is 0. The first-order chi connectivity index (χ1) is 7.27. The second kappa shape index (κ2) is 4.40. The molecule has 0 atom stereocenters. The van der Waals surface area contributed by atoms with Crippen molar-refractivity contribution in [2.24, 2.45) is 0 Å². The Bertz CT molecular complexity index is 420. The molecule has 15 heavy (non-hydrogen) atoms. The molecule has 0 amide bonds. The van der Waals surface area contributed by atoms with E-state index < -0.39 is 11.6 Å². The van der Waals surface area contributed by atoms with Crippen LogP contribution in [0.2, 0.25) is 0 Å². The van der Waals surface area contributed by atoms with Gasteiger partial charge in [0.25, 0.3) is 0 Å². The van der Waals surface area contributed by atoms with E-state index >= 15 is 0 Å². The maximum Gasteiger partial charge on any atom is 0.149 e. The molecule has 1 heterocycles. The van der Waals surface area contributed by atoms with Crippen molar-refractivity contribution in [2.75, 3.05) is 5.32 Å². The Labute approximate surface area is 90.4 Å². The Hall–Kier alpha value is -1.42. The second-order valence-corrected chi connectivity index (χ2v) is 3.86. The van der Waals surface area contributed by atoms with Crippen LogP contribution in [0.3, 0.4) is 0 Å². The lowest BCUT2D eigenvalue weighted by atomic mass is 10.2. The Morgan fingerprint density at radius 2 is 1.87 bits per heavy atom. The van der Waals surface area contributed by atoms with Gasteiger partial charge in [0.2, 0.25) is 0 Å². The van der Waals surface area contributed by atoms with Crippen LogP contribution in [0, 0.1) is 11.6 Å². The summed E-state index contributed by atoms with van der Waals surface area (Å²) in [5.74, 6) is -1.13. The predicted octanol–water partition coefficient (Wildman–Crippen LogP) is 3.64. The molecule has 2 rings (SSSR count). The molecule has 0 saturated carbocycles. The Morgan fingerprint density at radius 1 is 1.13 bits per heavy atom. The van der Waals surface area contributed by atoms with Gasteiger partial charge in [0.1, 0.15) is 17.3 Å². The normalized spacial score (nSPS) is 10.3. The molecule has 0 unspecified atom stereocenters. The van der Waals surface area contributed by atoms with Crippen LogP contribution >= 0.6 is 11.3 Å². The summed E-state index contributed by atoms with van der Waals surface area (Å²) in [6.45, 7) is 0.432. The number of thiophene rings is 1. The van der Waals surface area contributed by atoms with Crippen molar-refractivity contribution < 1.29 is 8.78 Å². The zero-order valence-electron chi connectivity index (χ0n) is 7.84. The Morgan fingerprint density at radius 3 is 2.47 bits per heavy atom. The Kier molecular flexibility index (Phi) is 2.97. The third-order valence-electron chi connectivity index (χ3n) is 2.01. The van der Waals surface area contributed by atoms with E-state index in [2.05, 4.69) is 5.32 Å². The molecule has 2 aromatic rings. The quantitative estimate of drug-likeness (QED) is 0.841. The van der Waals surface area contributed by atoms with Gasteiger partial charge in [-0.15, -0.1) is 0 Å². The third-order valence-corrected chi connectivity index (χ3v) is 2.74. The maximum atomic E-state index is 13.2. The molecule has 4 heteroatoms. The SMILES string of the molecule is Fc1cccc(F)c1NCc1ccsc1. The summed E-state index contributed by atoms with van der Waals surface area (Å²) >= 11 is 1.56. The molecule has 1 aromatic heterocycles. The largest absolute Gasteiger partial charge is 0.376 e. The van der Waals surface area contributed by atoms with Crippen molar-refractivity contribution in [1.29, 1.82) is 0 Å². The van der Waals surface area contributed by atoms with Gasteiger partial charge in [-0.1, -0.05) is 6.07 Å². The molecule has 0 spiro atoms. The topological polar surface area (TPSA) is 12.0 Å². The third kappa shape index (κ3) is 2.33.